The average Bonchev–Trinajstić information content (AvgIpc) is 2.38. The van der Waals surface area contributed by atoms with E-state index in [2.05, 4.69) is 24.4 Å². The zero-order chi connectivity index (χ0) is 12.3. The summed E-state index contributed by atoms with van der Waals surface area (Å²) >= 11 is 6.34. The summed E-state index contributed by atoms with van der Waals surface area (Å²) in [4.78, 5) is 0. The number of methoxy groups -OCH3 is 1. The van der Waals surface area contributed by atoms with Gasteiger partial charge in [0.1, 0.15) is 5.75 Å². The van der Waals surface area contributed by atoms with Gasteiger partial charge in [-0.15, -0.1) is 0 Å². The first-order valence-corrected chi connectivity index (χ1v) is 6.71. The van der Waals surface area contributed by atoms with Crippen molar-refractivity contribution in [3.63, 3.8) is 0 Å². The Morgan fingerprint density at radius 3 is 2.65 bits per heavy atom. The van der Waals surface area contributed by atoms with Crippen LogP contribution in [-0.4, -0.2) is 20.2 Å². The van der Waals surface area contributed by atoms with Gasteiger partial charge in [0.25, 0.3) is 0 Å². The molecule has 0 unspecified atom stereocenters. The Balaban J connectivity index is 2.31. The zero-order valence-electron chi connectivity index (χ0n) is 10.6. The number of piperidine rings is 1. The molecule has 1 aromatic rings. The Morgan fingerprint density at radius 2 is 2.06 bits per heavy atom. The van der Waals surface area contributed by atoms with Crippen molar-refractivity contribution in [2.24, 2.45) is 0 Å². The number of ether oxygens (including phenoxy) is 1. The summed E-state index contributed by atoms with van der Waals surface area (Å²) in [5, 5.41) is 4.23. The van der Waals surface area contributed by atoms with Gasteiger partial charge in [-0.25, -0.2) is 0 Å². The molecule has 1 aromatic carbocycles. The van der Waals surface area contributed by atoms with E-state index in [0.717, 1.165) is 35.8 Å². The molecule has 0 bridgehead atoms. The Morgan fingerprint density at radius 1 is 1.35 bits per heavy atom. The molecule has 2 nitrogen and oxygen atoms in total. The Hall–Kier alpha value is -0.730. The lowest BCUT2D eigenvalue weighted by Gasteiger charge is -2.24. The van der Waals surface area contributed by atoms with Crippen molar-refractivity contribution in [1.29, 1.82) is 0 Å². The first-order valence-electron chi connectivity index (χ1n) is 6.33. The predicted octanol–water partition coefficient (Wildman–Crippen LogP) is 3.38. The second-order valence-corrected chi connectivity index (χ2v) is 4.97. The van der Waals surface area contributed by atoms with E-state index in [1.807, 2.05) is 0 Å². The number of rotatable bonds is 3. The standard InChI is InChI=1S/C14H20ClNO/c1-3-12-13(15)8-11(9-14(12)17-2)10-4-6-16-7-5-10/h8-10,16H,3-7H2,1-2H3. The first-order chi connectivity index (χ1) is 8.26. The van der Waals surface area contributed by atoms with Gasteiger partial charge in [-0.2, -0.15) is 0 Å². The summed E-state index contributed by atoms with van der Waals surface area (Å²) in [5.74, 6) is 1.56. The van der Waals surface area contributed by atoms with Gasteiger partial charge in [-0.05, 0) is 56.0 Å². The quantitative estimate of drug-likeness (QED) is 0.892. The predicted molar refractivity (Wildman–Crippen MR) is 72.2 cm³/mol. The minimum absolute atomic E-state index is 0.619. The zero-order valence-corrected chi connectivity index (χ0v) is 11.3. The lowest BCUT2D eigenvalue weighted by molar-refractivity contribution is 0.407. The van der Waals surface area contributed by atoms with E-state index in [1.54, 1.807) is 7.11 Å². The summed E-state index contributed by atoms with van der Waals surface area (Å²) in [5.41, 5.74) is 2.44. The number of benzene rings is 1. The van der Waals surface area contributed by atoms with E-state index in [1.165, 1.54) is 18.4 Å². The van der Waals surface area contributed by atoms with Crippen LogP contribution in [0.5, 0.6) is 5.75 Å². The van der Waals surface area contributed by atoms with Gasteiger partial charge in [-0.1, -0.05) is 18.5 Å². The molecule has 1 aliphatic heterocycles. The second-order valence-electron chi connectivity index (χ2n) is 4.56. The van der Waals surface area contributed by atoms with Crippen LogP contribution in [0.4, 0.5) is 0 Å². The van der Waals surface area contributed by atoms with Crippen LogP contribution in [0.2, 0.25) is 5.02 Å². The van der Waals surface area contributed by atoms with E-state index in [0.29, 0.717) is 5.92 Å². The van der Waals surface area contributed by atoms with Crippen LogP contribution in [0.1, 0.15) is 36.8 Å². The summed E-state index contributed by atoms with van der Waals surface area (Å²) in [7, 11) is 1.72. The largest absolute Gasteiger partial charge is 0.496 e. The maximum Gasteiger partial charge on any atom is 0.123 e. The van der Waals surface area contributed by atoms with Crippen molar-refractivity contribution in [3.8, 4) is 5.75 Å². The van der Waals surface area contributed by atoms with Crippen molar-refractivity contribution in [3.05, 3.63) is 28.3 Å². The molecule has 2 rings (SSSR count). The van der Waals surface area contributed by atoms with Gasteiger partial charge in [0.2, 0.25) is 0 Å². The highest BCUT2D eigenvalue weighted by molar-refractivity contribution is 6.31. The molecule has 17 heavy (non-hydrogen) atoms. The highest BCUT2D eigenvalue weighted by Crippen LogP contribution is 2.34. The van der Waals surface area contributed by atoms with Gasteiger partial charge in [-0.3, -0.25) is 0 Å². The van der Waals surface area contributed by atoms with E-state index < -0.39 is 0 Å². The van der Waals surface area contributed by atoms with Crippen molar-refractivity contribution in [1.82, 2.24) is 5.32 Å². The molecule has 0 atom stereocenters. The van der Waals surface area contributed by atoms with Crippen LogP contribution < -0.4 is 10.1 Å². The molecular formula is C14H20ClNO. The Labute approximate surface area is 108 Å². The van der Waals surface area contributed by atoms with E-state index in [-0.39, 0.29) is 0 Å². The van der Waals surface area contributed by atoms with Crippen LogP contribution in [0.15, 0.2) is 12.1 Å². The third kappa shape index (κ3) is 2.75. The number of nitrogens with one attached hydrogen (secondary N) is 1. The topological polar surface area (TPSA) is 21.3 Å². The van der Waals surface area contributed by atoms with E-state index in [4.69, 9.17) is 16.3 Å². The molecule has 1 saturated heterocycles. The molecule has 1 aliphatic rings. The first kappa shape index (κ1) is 12.7. The van der Waals surface area contributed by atoms with Gasteiger partial charge in [0, 0.05) is 10.6 Å². The molecule has 3 heteroatoms. The molecule has 1 N–H and O–H groups in total. The second kappa shape index (κ2) is 5.74. The van der Waals surface area contributed by atoms with Gasteiger partial charge in [0.05, 0.1) is 7.11 Å². The number of halogens is 1. The maximum atomic E-state index is 6.34. The van der Waals surface area contributed by atoms with Crippen LogP contribution in [0, 0.1) is 0 Å². The molecule has 0 radical (unpaired) electrons. The fourth-order valence-corrected chi connectivity index (χ4v) is 2.90. The summed E-state index contributed by atoms with van der Waals surface area (Å²) in [6, 6.07) is 4.29. The van der Waals surface area contributed by atoms with E-state index in [9.17, 15) is 0 Å². The molecule has 0 saturated carbocycles. The average molecular weight is 254 g/mol. The molecule has 0 amide bonds. The lowest BCUT2D eigenvalue weighted by atomic mass is 9.89. The molecular weight excluding hydrogens is 234 g/mol. The summed E-state index contributed by atoms with van der Waals surface area (Å²) < 4.78 is 5.45. The van der Waals surface area contributed by atoms with Gasteiger partial charge < -0.3 is 10.1 Å². The highest BCUT2D eigenvalue weighted by Gasteiger charge is 2.18. The maximum absolute atomic E-state index is 6.34. The molecule has 1 fully saturated rings. The van der Waals surface area contributed by atoms with Gasteiger partial charge in [0.15, 0.2) is 0 Å². The van der Waals surface area contributed by atoms with Crippen LogP contribution in [0.3, 0.4) is 0 Å². The molecule has 0 aromatic heterocycles. The lowest BCUT2D eigenvalue weighted by Crippen LogP contribution is -2.26. The third-order valence-corrected chi connectivity index (χ3v) is 3.90. The number of hydrogen-bond acceptors (Lipinski definition) is 2. The fourth-order valence-electron chi connectivity index (χ4n) is 2.55. The molecule has 1 heterocycles. The molecule has 0 aliphatic carbocycles. The summed E-state index contributed by atoms with van der Waals surface area (Å²) in [6.45, 7) is 4.30. The molecule has 94 valence electrons. The van der Waals surface area contributed by atoms with E-state index >= 15 is 0 Å². The minimum atomic E-state index is 0.619. The van der Waals surface area contributed by atoms with Crippen molar-refractivity contribution in [2.45, 2.75) is 32.1 Å². The Kier molecular flexibility index (Phi) is 4.30. The normalized spacial score (nSPS) is 17.1. The minimum Gasteiger partial charge on any atom is -0.496 e. The van der Waals surface area contributed by atoms with Crippen molar-refractivity contribution < 1.29 is 4.74 Å². The number of hydrogen-bond donors (Lipinski definition) is 1. The molecule has 0 spiro atoms. The monoisotopic (exact) mass is 253 g/mol. The SMILES string of the molecule is CCc1c(Cl)cc(C2CCNCC2)cc1OC. The fraction of sp³-hybridized carbons (Fsp3) is 0.571. The van der Waals surface area contributed by atoms with Crippen LogP contribution in [-0.2, 0) is 6.42 Å². The van der Waals surface area contributed by atoms with Crippen molar-refractivity contribution in [2.75, 3.05) is 20.2 Å². The summed E-state index contributed by atoms with van der Waals surface area (Å²) in [6.07, 6.45) is 3.28. The van der Waals surface area contributed by atoms with Crippen LogP contribution >= 0.6 is 11.6 Å². The van der Waals surface area contributed by atoms with Crippen LogP contribution in [0.25, 0.3) is 0 Å². The smallest absolute Gasteiger partial charge is 0.123 e. The third-order valence-electron chi connectivity index (χ3n) is 3.56. The highest BCUT2D eigenvalue weighted by atomic mass is 35.5. The Bertz CT molecular complexity index is 386. The van der Waals surface area contributed by atoms with Crippen molar-refractivity contribution >= 4 is 11.6 Å². The van der Waals surface area contributed by atoms with Gasteiger partial charge >= 0.3 is 0 Å².